The molecule has 1 unspecified atom stereocenters. The largest absolute Gasteiger partial charge is 0.348 e. The molecule has 0 spiro atoms. The lowest BCUT2D eigenvalue weighted by Crippen LogP contribution is -2.32. The number of halogens is 1. The lowest BCUT2D eigenvalue weighted by Gasteiger charge is -2.10. The molecule has 110 valence electrons. The van der Waals surface area contributed by atoms with Gasteiger partial charge >= 0.3 is 0 Å². The Bertz CT molecular complexity index is 598. The summed E-state index contributed by atoms with van der Waals surface area (Å²) in [7, 11) is 0. The van der Waals surface area contributed by atoms with Crippen molar-refractivity contribution in [3.05, 3.63) is 46.6 Å². The standard InChI is InChI=1S/C15H17BrN4O/c1-3-10(2)17-15(21)13-8-9-14(20-19-13)18-12-6-4-11(16)5-7-12/h4-10H,3H2,1-2H3,(H,17,21)(H,18,20). The Morgan fingerprint density at radius 2 is 1.90 bits per heavy atom. The minimum atomic E-state index is -0.202. The molecule has 2 aromatic rings. The van der Waals surface area contributed by atoms with Crippen molar-refractivity contribution in [2.24, 2.45) is 0 Å². The first-order valence-electron chi connectivity index (χ1n) is 6.75. The summed E-state index contributed by atoms with van der Waals surface area (Å²) in [6.45, 7) is 3.97. The first-order valence-corrected chi connectivity index (χ1v) is 7.55. The zero-order chi connectivity index (χ0) is 15.2. The Hall–Kier alpha value is -1.95. The number of nitrogens with zero attached hydrogens (tertiary/aromatic N) is 2. The molecule has 0 aliphatic heterocycles. The molecule has 1 amide bonds. The molecule has 21 heavy (non-hydrogen) atoms. The summed E-state index contributed by atoms with van der Waals surface area (Å²) in [5.74, 6) is 0.393. The zero-order valence-corrected chi connectivity index (χ0v) is 13.5. The van der Waals surface area contributed by atoms with Crippen LogP contribution in [0.5, 0.6) is 0 Å². The fourth-order valence-electron chi connectivity index (χ4n) is 1.60. The molecule has 5 nitrogen and oxygen atoms in total. The summed E-state index contributed by atoms with van der Waals surface area (Å²) >= 11 is 3.38. The summed E-state index contributed by atoms with van der Waals surface area (Å²) in [5, 5.41) is 13.9. The van der Waals surface area contributed by atoms with Gasteiger partial charge in [0, 0.05) is 16.2 Å². The maximum atomic E-state index is 11.9. The van der Waals surface area contributed by atoms with Gasteiger partial charge in [0.1, 0.15) is 0 Å². The van der Waals surface area contributed by atoms with E-state index < -0.39 is 0 Å². The molecular weight excluding hydrogens is 332 g/mol. The van der Waals surface area contributed by atoms with Crippen molar-refractivity contribution >= 4 is 33.3 Å². The van der Waals surface area contributed by atoms with E-state index in [1.165, 1.54) is 0 Å². The number of rotatable bonds is 5. The van der Waals surface area contributed by atoms with E-state index in [4.69, 9.17) is 0 Å². The minimum absolute atomic E-state index is 0.125. The van der Waals surface area contributed by atoms with E-state index in [2.05, 4.69) is 36.8 Å². The van der Waals surface area contributed by atoms with Crippen molar-refractivity contribution in [2.45, 2.75) is 26.3 Å². The second kappa shape index (κ2) is 7.17. The van der Waals surface area contributed by atoms with E-state index in [1.807, 2.05) is 38.1 Å². The van der Waals surface area contributed by atoms with Gasteiger partial charge in [-0.05, 0) is 49.7 Å². The fraction of sp³-hybridized carbons (Fsp3) is 0.267. The first-order chi connectivity index (χ1) is 10.1. The number of anilines is 2. The van der Waals surface area contributed by atoms with Crippen LogP contribution in [-0.2, 0) is 0 Å². The summed E-state index contributed by atoms with van der Waals surface area (Å²) in [6.07, 6.45) is 0.877. The molecule has 1 heterocycles. The van der Waals surface area contributed by atoms with Crippen molar-refractivity contribution < 1.29 is 4.79 Å². The molecule has 0 saturated carbocycles. The smallest absolute Gasteiger partial charge is 0.272 e. The number of carbonyl (C=O) groups is 1. The number of hydrogen-bond acceptors (Lipinski definition) is 4. The minimum Gasteiger partial charge on any atom is -0.348 e. The molecule has 0 radical (unpaired) electrons. The van der Waals surface area contributed by atoms with E-state index in [0.717, 1.165) is 16.6 Å². The van der Waals surface area contributed by atoms with Crippen LogP contribution in [-0.4, -0.2) is 22.1 Å². The van der Waals surface area contributed by atoms with Gasteiger partial charge in [-0.3, -0.25) is 4.79 Å². The maximum absolute atomic E-state index is 11.9. The number of carbonyl (C=O) groups excluding carboxylic acids is 1. The molecule has 0 bridgehead atoms. The molecule has 0 aliphatic rings. The predicted octanol–water partition coefficient (Wildman–Crippen LogP) is 3.51. The number of amides is 1. The molecule has 1 atom stereocenters. The van der Waals surface area contributed by atoms with Gasteiger partial charge in [0.05, 0.1) is 0 Å². The van der Waals surface area contributed by atoms with Gasteiger partial charge in [-0.1, -0.05) is 22.9 Å². The lowest BCUT2D eigenvalue weighted by molar-refractivity contribution is 0.0933. The van der Waals surface area contributed by atoms with Crippen LogP contribution < -0.4 is 10.6 Å². The van der Waals surface area contributed by atoms with Crippen molar-refractivity contribution in [3.8, 4) is 0 Å². The topological polar surface area (TPSA) is 66.9 Å². The Morgan fingerprint density at radius 3 is 2.48 bits per heavy atom. The van der Waals surface area contributed by atoms with E-state index >= 15 is 0 Å². The van der Waals surface area contributed by atoms with Gasteiger partial charge in [-0.2, -0.15) is 0 Å². The summed E-state index contributed by atoms with van der Waals surface area (Å²) in [4.78, 5) is 11.9. The quantitative estimate of drug-likeness (QED) is 0.867. The highest BCUT2D eigenvalue weighted by Crippen LogP contribution is 2.17. The Balaban J connectivity index is 2.01. The third kappa shape index (κ3) is 4.53. The van der Waals surface area contributed by atoms with Crippen molar-refractivity contribution in [1.29, 1.82) is 0 Å². The van der Waals surface area contributed by atoms with Crippen LogP contribution >= 0.6 is 15.9 Å². The number of aromatic nitrogens is 2. The van der Waals surface area contributed by atoms with E-state index in [-0.39, 0.29) is 11.9 Å². The second-order valence-corrected chi connectivity index (χ2v) is 5.63. The van der Waals surface area contributed by atoms with Crippen LogP contribution in [0.3, 0.4) is 0 Å². The second-order valence-electron chi connectivity index (χ2n) is 4.72. The van der Waals surface area contributed by atoms with Crippen LogP contribution in [0.2, 0.25) is 0 Å². The Morgan fingerprint density at radius 1 is 1.19 bits per heavy atom. The highest BCUT2D eigenvalue weighted by molar-refractivity contribution is 9.10. The van der Waals surface area contributed by atoms with Crippen LogP contribution in [0.25, 0.3) is 0 Å². The Kier molecular flexibility index (Phi) is 5.27. The van der Waals surface area contributed by atoms with Crippen LogP contribution in [0.4, 0.5) is 11.5 Å². The van der Waals surface area contributed by atoms with Gasteiger partial charge in [-0.15, -0.1) is 10.2 Å². The number of nitrogens with one attached hydrogen (secondary N) is 2. The van der Waals surface area contributed by atoms with E-state index in [1.54, 1.807) is 12.1 Å². The monoisotopic (exact) mass is 348 g/mol. The van der Waals surface area contributed by atoms with Crippen molar-refractivity contribution in [2.75, 3.05) is 5.32 Å². The average molecular weight is 349 g/mol. The Labute approximate surface area is 132 Å². The fourth-order valence-corrected chi connectivity index (χ4v) is 1.87. The van der Waals surface area contributed by atoms with E-state index in [9.17, 15) is 4.79 Å². The predicted molar refractivity (Wildman–Crippen MR) is 86.7 cm³/mol. The molecule has 1 aromatic carbocycles. The highest BCUT2D eigenvalue weighted by Gasteiger charge is 2.10. The molecule has 2 rings (SSSR count). The molecule has 6 heteroatoms. The van der Waals surface area contributed by atoms with Gasteiger partial charge in [0.2, 0.25) is 0 Å². The third-order valence-corrected chi connectivity index (χ3v) is 3.53. The molecule has 0 fully saturated rings. The van der Waals surface area contributed by atoms with Crippen molar-refractivity contribution in [3.63, 3.8) is 0 Å². The number of benzene rings is 1. The molecule has 2 N–H and O–H groups in total. The molecule has 0 saturated heterocycles. The average Bonchev–Trinajstić information content (AvgIpc) is 2.50. The first kappa shape index (κ1) is 15.4. The van der Waals surface area contributed by atoms with Gasteiger partial charge in [-0.25, -0.2) is 0 Å². The maximum Gasteiger partial charge on any atom is 0.272 e. The summed E-state index contributed by atoms with van der Waals surface area (Å²) in [6, 6.07) is 11.2. The third-order valence-electron chi connectivity index (χ3n) is 3.00. The molecular formula is C15H17BrN4O. The van der Waals surface area contributed by atoms with Gasteiger partial charge < -0.3 is 10.6 Å². The van der Waals surface area contributed by atoms with E-state index in [0.29, 0.717) is 11.5 Å². The summed E-state index contributed by atoms with van der Waals surface area (Å²) < 4.78 is 1.01. The van der Waals surface area contributed by atoms with Crippen LogP contribution in [0.1, 0.15) is 30.8 Å². The van der Waals surface area contributed by atoms with Crippen molar-refractivity contribution in [1.82, 2.24) is 15.5 Å². The molecule has 0 aliphatic carbocycles. The SMILES string of the molecule is CCC(C)NC(=O)c1ccc(Nc2ccc(Br)cc2)nn1. The normalized spacial score (nSPS) is 11.8. The zero-order valence-electron chi connectivity index (χ0n) is 11.9. The molecule has 1 aromatic heterocycles. The van der Waals surface area contributed by atoms with Gasteiger partial charge in [0.25, 0.3) is 5.91 Å². The van der Waals surface area contributed by atoms with Gasteiger partial charge in [0.15, 0.2) is 11.5 Å². The number of hydrogen-bond donors (Lipinski definition) is 2. The van der Waals surface area contributed by atoms with Crippen LogP contribution in [0.15, 0.2) is 40.9 Å². The highest BCUT2D eigenvalue weighted by atomic mass is 79.9. The summed E-state index contributed by atoms with van der Waals surface area (Å²) in [5.41, 5.74) is 1.22. The van der Waals surface area contributed by atoms with Crippen LogP contribution in [0, 0.1) is 0 Å². The lowest BCUT2D eigenvalue weighted by atomic mass is 10.2.